The van der Waals surface area contributed by atoms with Crippen LogP contribution in [-0.2, 0) is 11.2 Å². The Balaban J connectivity index is 1.45. The lowest BCUT2D eigenvalue weighted by atomic mass is 10.1. The van der Waals surface area contributed by atoms with Crippen LogP contribution in [0.15, 0.2) is 53.7 Å². The number of para-hydroxylation sites is 2. The molecule has 0 radical (unpaired) electrons. The molecule has 0 atom stereocenters. The molecular weight excluding hydrogens is 313 g/mol. The molecule has 1 amide bonds. The second-order valence-electron chi connectivity index (χ2n) is 5.04. The summed E-state index contributed by atoms with van der Waals surface area (Å²) in [5.41, 5.74) is 2.45. The molecule has 0 aliphatic rings. The zero-order valence-electron chi connectivity index (χ0n) is 12.4. The van der Waals surface area contributed by atoms with Gasteiger partial charge in [0.15, 0.2) is 5.16 Å². The van der Waals surface area contributed by atoms with Crippen molar-refractivity contribution in [1.82, 2.24) is 15.3 Å². The van der Waals surface area contributed by atoms with E-state index in [-0.39, 0.29) is 17.5 Å². The van der Waals surface area contributed by atoms with Crippen LogP contribution in [0.25, 0.3) is 11.0 Å². The number of carbonyl (C=O) groups is 1. The summed E-state index contributed by atoms with van der Waals surface area (Å²) in [5, 5.41) is 3.51. The quantitative estimate of drug-likeness (QED) is 0.683. The van der Waals surface area contributed by atoms with Crippen molar-refractivity contribution in [3.05, 3.63) is 59.9 Å². The van der Waals surface area contributed by atoms with Crippen LogP contribution in [0.1, 0.15) is 5.56 Å². The van der Waals surface area contributed by atoms with Gasteiger partial charge in [0.2, 0.25) is 5.91 Å². The van der Waals surface area contributed by atoms with E-state index in [4.69, 9.17) is 0 Å². The molecule has 0 fully saturated rings. The van der Waals surface area contributed by atoms with E-state index in [2.05, 4.69) is 15.3 Å². The monoisotopic (exact) mass is 329 g/mol. The molecule has 2 aromatic carbocycles. The maximum atomic E-state index is 13.5. The summed E-state index contributed by atoms with van der Waals surface area (Å²) in [6.07, 6.45) is 0.480. The van der Waals surface area contributed by atoms with Gasteiger partial charge in [0.1, 0.15) is 5.82 Å². The number of rotatable bonds is 6. The zero-order valence-corrected chi connectivity index (χ0v) is 13.2. The lowest BCUT2D eigenvalue weighted by Crippen LogP contribution is -2.27. The number of benzene rings is 2. The minimum atomic E-state index is -0.238. The molecule has 0 saturated heterocycles. The Morgan fingerprint density at radius 2 is 1.96 bits per heavy atom. The molecule has 2 N–H and O–H groups in total. The highest BCUT2D eigenvalue weighted by molar-refractivity contribution is 7.99. The zero-order chi connectivity index (χ0) is 16.1. The Labute approximate surface area is 137 Å². The smallest absolute Gasteiger partial charge is 0.230 e. The van der Waals surface area contributed by atoms with E-state index in [0.717, 1.165) is 16.2 Å². The lowest BCUT2D eigenvalue weighted by molar-refractivity contribution is -0.118. The first kappa shape index (κ1) is 15.6. The van der Waals surface area contributed by atoms with Crippen LogP contribution in [0.3, 0.4) is 0 Å². The Hall–Kier alpha value is -2.34. The second-order valence-corrected chi connectivity index (χ2v) is 6.00. The van der Waals surface area contributed by atoms with E-state index in [1.54, 1.807) is 18.2 Å². The number of carbonyl (C=O) groups excluding carboxylic acids is 1. The molecule has 1 aromatic heterocycles. The maximum Gasteiger partial charge on any atom is 0.230 e. The number of imidazole rings is 1. The Bertz CT molecular complexity index is 785. The Kier molecular flexibility index (Phi) is 4.92. The second kappa shape index (κ2) is 7.28. The fraction of sp³-hybridized carbons (Fsp3) is 0.176. The average molecular weight is 329 g/mol. The molecule has 0 spiro atoms. The summed E-state index contributed by atoms with van der Waals surface area (Å²) in [5.74, 6) is -0.0536. The molecule has 1 heterocycles. The van der Waals surface area contributed by atoms with Gasteiger partial charge in [-0.15, -0.1) is 0 Å². The van der Waals surface area contributed by atoms with Gasteiger partial charge in [-0.3, -0.25) is 4.79 Å². The highest BCUT2D eigenvalue weighted by Gasteiger charge is 2.07. The molecule has 0 unspecified atom stereocenters. The molecule has 23 heavy (non-hydrogen) atoms. The van der Waals surface area contributed by atoms with Crippen molar-refractivity contribution in [2.45, 2.75) is 11.6 Å². The molecule has 4 nitrogen and oxygen atoms in total. The van der Waals surface area contributed by atoms with Crippen LogP contribution in [0, 0.1) is 5.82 Å². The minimum absolute atomic E-state index is 0.0909. The van der Waals surface area contributed by atoms with Crippen LogP contribution in [0.4, 0.5) is 4.39 Å². The number of halogens is 1. The van der Waals surface area contributed by atoms with Crippen molar-refractivity contribution in [3.8, 4) is 0 Å². The van der Waals surface area contributed by atoms with Crippen molar-refractivity contribution in [2.75, 3.05) is 12.3 Å². The summed E-state index contributed by atoms with van der Waals surface area (Å²) in [7, 11) is 0. The maximum absolute atomic E-state index is 13.5. The molecule has 0 bridgehead atoms. The molecular formula is C17H16FN3OS. The standard InChI is InChI=1S/C17H16FN3OS/c18-13-6-2-1-5-12(13)9-10-19-16(22)11-23-17-20-14-7-3-4-8-15(14)21-17/h1-8H,9-11H2,(H,19,22)(H,20,21). The minimum Gasteiger partial charge on any atom is -0.355 e. The van der Waals surface area contributed by atoms with Gasteiger partial charge in [-0.2, -0.15) is 0 Å². The number of H-pyrrole nitrogens is 1. The SMILES string of the molecule is O=C(CSc1nc2ccccc2[nH]1)NCCc1ccccc1F. The van der Waals surface area contributed by atoms with Gasteiger partial charge in [-0.05, 0) is 30.2 Å². The van der Waals surface area contributed by atoms with E-state index in [0.29, 0.717) is 18.5 Å². The summed E-state index contributed by atoms with van der Waals surface area (Å²) >= 11 is 1.35. The number of aromatic nitrogens is 2. The third-order valence-corrected chi connectivity index (χ3v) is 4.26. The average Bonchev–Trinajstić information content (AvgIpc) is 2.98. The number of hydrogen-bond acceptors (Lipinski definition) is 3. The van der Waals surface area contributed by atoms with Gasteiger partial charge in [0.25, 0.3) is 0 Å². The number of hydrogen-bond donors (Lipinski definition) is 2. The molecule has 0 saturated carbocycles. The van der Waals surface area contributed by atoms with Gasteiger partial charge < -0.3 is 10.3 Å². The molecule has 118 valence electrons. The third kappa shape index (κ3) is 4.10. The van der Waals surface area contributed by atoms with Crippen molar-refractivity contribution in [3.63, 3.8) is 0 Å². The molecule has 0 aliphatic heterocycles. The first-order valence-electron chi connectivity index (χ1n) is 7.30. The number of thioether (sulfide) groups is 1. The third-order valence-electron chi connectivity index (χ3n) is 3.38. The highest BCUT2D eigenvalue weighted by Crippen LogP contribution is 2.18. The summed E-state index contributed by atoms with van der Waals surface area (Å²) in [6, 6.07) is 14.3. The van der Waals surface area contributed by atoms with E-state index < -0.39 is 0 Å². The fourth-order valence-electron chi connectivity index (χ4n) is 2.22. The van der Waals surface area contributed by atoms with E-state index in [1.165, 1.54) is 17.8 Å². The molecule has 3 aromatic rings. The largest absolute Gasteiger partial charge is 0.355 e. The Morgan fingerprint density at radius 1 is 1.17 bits per heavy atom. The van der Waals surface area contributed by atoms with E-state index in [1.807, 2.05) is 24.3 Å². The van der Waals surface area contributed by atoms with E-state index >= 15 is 0 Å². The lowest BCUT2D eigenvalue weighted by Gasteiger charge is -2.05. The molecule has 0 aliphatic carbocycles. The van der Waals surface area contributed by atoms with Gasteiger partial charge >= 0.3 is 0 Å². The summed E-state index contributed by atoms with van der Waals surface area (Å²) < 4.78 is 13.5. The highest BCUT2D eigenvalue weighted by atomic mass is 32.2. The number of nitrogens with zero attached hydrogens (tertiary/aromatic N) is 1. The Morgan fingerprint density at radius 3 is 2.78 bits per heavy atom. The van der Waals surface area contributed by atoms with Gasteiger partial charge in [0.05, 0.1) is 16.8 Å². The number of amides is 1. The normalized spacial score (nSPS) is 10.8. The van der Waals surface area contributed by atoms with Crippen molar-refractivity contribution < 1.29 is 9.18 Å². The van der Waals surface area contributed by atoms with E-state index in [9.17, 15) is 9.18 Å². The predicted molar refractivity (Wildman–Crippen MR) is 89.9 cm³/mol. The first-order chi connectivity index (χ1) is 11.2. The van der Waals surface area contributed by atoms with Crippen LogP contribution in [-0.4, -0.2) is 28.2 Å². The van der Waals surface area contributed by atoms with Crippen LogP contribution >= 0.6 is 11.8 Å². The number of nitrogens with one attached hydrogen (secondary N) is 2. The number of fused-ring (bicyclic) bond motifs is 1. The van der Waals surface area contributed by atoms with Crippen LogP contribution in [0.5, 0.6) is 0 Å². The van der Waals surface area contributed by atoms with Crippen molar-refractivity contribution >= 4 is 28.7 Å². The van der Waals surface area contributed by atoms with Crippen LogP contribution < -0.4 is 5.32 Å². The topological polar surface area (TPSA) is 57.8 Å². The van der Waals surface area contributed by atoms with Gasteiger partial charge in [-0.25, -0.2) is 9.37 Å². The van der Waals surface area contributed by atoms with Gasteiger partial charge in [-0.1, -0.05) is 42.1 Å². The number of aromatic amines is 1. The molecule has 6 heteroatoms. The van der Waals surface area contributed by atoms with Crippen LogP contribution in [0.2, 0.25) is 0 Å². The fourth-order valence-corrected chi connectivity index (χ4v) is 2.94. The summed E-state index contributed by atoms with van der Waals surface area (Å²) in [4.78, 5) is 19.4. The summed E-state index contributed by atoms with van der Waals surface area (Å²) in [6.45, 7) is 0.417. The predicted octanol–water partition coefficient (Wildman–Crippen LogP) is 3.15. The van der Waals surface area contributed by atoms with Crippen molar-refractivity contribution in [1.29, 1.82) is 0 Å². The molecule has 3 rings (SSSR count). The van der Waals surface area contributed by atoms with Crippen molar-refractivity contribution in [2.24, 2.45) is 0 Å². The first-order valence-corrected chi connectivity index (χ1v) is 8.28. The van der Waals surface area contributed by atoms with Gasteiger partial charge in [0, 0.05) is 6.54 Å².